The smallest absolute Gasteiger partial charge is 0.223 e. The minimum Gasteiger partial charge on any atom is -0.494 e. The van der Waals surface area contributed by atoms with Crippen molar-refractivity contribution in [3.05, 3.63) is 24.0 Å². The molecule has 1 saturated heterocycles. The van der Waals surface area contributed by atoms with Gasteiger partial charge in [0.25, 0.3) is 0 Å². The van der Waals surface area contributed by atoms with Crippen LogP contribution >= 0.6 is 0 Å². The Morgan fingerprint density at radius 3 is 2.81 bits per heavy atom. The fourth-order valence-electron chi connectivity index (χ4n) is 2.73. The van der Waals surface area contributed by atoms with Crippen LogP contribution in [-0.4, -0.2) is 49.9 Å². The van der Waals surface area contributed by atoms with Gasteiger partial charge in [-0.1, -0.05) is 6.08 Å². The summed E-state index contributed by atoms with van der Waals surface area (Å²) in [5.41, 5.74) is 0. The molecule has 0 radical (unpaired) electrons. The molecule has 2 rings (SSSR count). The van der Waals surface area contributed by atoms with Crippen LogP contribution in [0.4, 0.5) is 4.39 Å². The number of carbonyl (C=O) groups is 1. The molecule has 0 aromatic rings. The maximum Gasteiger partial charge on any atom is 0.223 e. The molecule has 0 N–H and O–H groups in total. The van der Waals surface area contributed by atoms with Gasteiger partial charge in [-0.2, -0.15) is 0 Å². The Morgan fingerprint density at radius 1 is 1.48 bits per heavy atom. The van der Waals surface area contributed by atoms with Crippen LogP contribution in [0.1, 0.15) is 26.2 Å². The Bertz CT molecular complexity index is 416. The van der Waals surface area contributed by atoms with E-state index in [1.54, 1.807) is 24.1 Å². The van der Waals surface area contributed by atoms with Gasteiger partial charge in [0.1, 0.15) is 11.9 Å². The van der Waals surface area contributed by atoms with Gasteiger partial charge in [0, 0.05) is 38.6 Å². The van der Waals surface area contributed by atoms with Crippen LogP contribution in [0.3, 0.4) is 0 Å². The largest absolute Gasteiger partial charge is 0.494 e. The van der Waals surface area contributed by atoms with E-state index in [2.05, 4.69) is 0 Å². The monoisotopic (exact) mass is 297 g/mol. The van der Waals surface area contributed by atoms with Gasteiger partial charge in [-0.05, 0) is 31.9 Å². The maximum atomic E-state index is 14.1. The minimum atomic E-state index is -1.16. The zero-order valence-electron chi connectivity index (χ0n) is 12.8. The van der Waals surface area contributed by atoms with Gasteiger partial charge in [0.05, 0.1) is 6.61 Å². The number of nitrogens with zero attached hydrogens (tertiary/aromatic N) is 1. The van der Waals surface area contributed by atoms with Crippen LogP contribution in [0.15, 0.2) is 24.0 Å². The molecule has 1 amide bonds. The summed E-state index contributed by atoms with van der Waals surface area (Å²) in [6.07, 6.45) is 5.70. The second-order valence-electron chi connectivity index (χ2n) is 5.52. The highest BCUT2D eigenvalue weighted by Crippen LogP contribution is 2.25. The summed E-state index contributed by atoms with van der Waals surface area (Å²) in [5, 5.41) is 0. The predicted octanol–water partition coefficient (Wildman–Crippen LogP) is 2.46. The van der Waals surface area contributed by atoms with Gasteiger partial charge >= 0.3 is 0 Å². The lowest BCUT2D eigenvalue weighted by Crippen LogP contribution is -2.41. The molecule has 5 heteroatoms. The van der Waals surface area contributed by atoms with E-state index in [1.165, 1.54) is 6.08 Å². The first-order valence-electron chi connectivity index (χ1n) is 7.62. The zero-order valence-corrected chi connectivity index (χ0v) is 12.8. The molecule has 0 saturated carbocycles. The first-order chi connectivity index (χ1) is 10.1. The average Bonchev–Trinajstić information content (AvgIpc) is 2.50. The third kappa shape index (κ3) is 4.30. The van der Waals surface area contributed by atoms with Crippen molar-refractivity contribution in [1.82, 2.24) is 4.90 Å². The van der Waals surface area contributed by atoms with Crippen molar-refractivity contribution >= 4 is 5.91 Å². The van der Waals surface area contributed by atoms with E-state index in [9.17, 15) is 9.18 Å². The number of rotatable bonds is 5. The Balaban J connectivity index is 1.87. The summed E-state index contributed by atoms with van der Waals surface area (Å²) >= 11 is 0. The Kier molecular flexibility index (Phi) is 5.79. The summed E-state index contributed by atoms with van der Waals surface area (Å²) in [5.74, 6) is 0.142. The summed E-state index contributed by atoms with van der Waals surface area (Å²) in [6.45, 7) is 3.76. The van der Waals surface area contributed by atoms with Gasteiger partial charge in [-0.15, -0.1) is 0 Å². The van der Waals surface area contributed by atoms with Crippen molar-refractivity contribution in [1.29, 1.82) is 0 Å². The molecule has 2 aliphatic rings. The van der Waals surface area contributed by atoms with Crippen LogP contribution in [0.25, 0.3) is 0 Å². The van der Waals surface area contributed by atoms with Crippen molar-refractivity contribution in [3.63, 3.8) is 0 Å². The molecule has 118 valence electrons. The van der Waals surface area contributed by atoms with Crippen LogP contribution in [-0.2, 0) is 14.3 Å². The summed E-state index contributed by atoms with van der Waals surface area (Å²) < 4.78 is 24.7. The molecular weight excluding hydrogens is 273 g/mol. The number of hydrogen-bond donors (Lipinski definition) is 0. The lowest BCUT2D eigenvalue weighted by atomic mass is 9.93. The second kappa shape index (κ2) is 7.59. The van der Waals surface area contributed by atoms with E-state index in [1.807, 2.05) is 6.92 Å². The highest BCUT2D eigenvalue weighted by Gasteiger charge is 2.28. The van der Waals surface area contributed by atoms with Gasteiger partial charge in [-0.3, -0.25) is 4.79 Å². The number of hydrogen-bond acceptors (Lipinski definition) is 3. The highest BCUT2D eigenvalue weighted by molar-refractivity contribution is 5.77. The van der Waals surface area contributed by atoms with Crippen LogP contribution in [0.5, 0.6) is 0 Å². The molecule has 1 heterocycles. The Morgan fingerprint density at radius 2 is 2.19 bits per heavy atom. The van der Waals surface area contributed by atoms with Gasteiger partial charge in [0.2, 0.25) is 5.91 Å². The first-order valence-corrected chi connectivity index (χ1v) is 7.62. The lowest BCUT2D eigenvalue weighted by Gasteiger charge is -2.32. The third-order valence-electron chi connectivity index (χ3n) is 4.09. The van der Waals surface area contributed by atoms with Crippen LogP contribution in [0, 0.1) is 5.92 Å². The van der Waals surface area contributed by atoms with Crippen LogP contribution in [0.2, 0.25) is 0 Å². The molecule has 1 fully saturated rings. The quantitative estimate of drug-likeness (QED) is 0.782. The van der Waals surface area contributed by atoms with E-state index >= 15 is 0 Å². The summed E-state index contributed by atoms with van der Waals surface area (Å²) in [6, 6.07) is 0.214. The summed E-state index contributed by atoms with van der Waals surface area (Å²) in [7, 11) is 1.81. The van der Waals surface area contributed by atoms with E-state index in [0.717, 1.165) is 12.8 Å². The number of halogens is 1. The second-order valence-corrected chi connectivity index (χ2v) is 5.52. The molecular formula is C16H24FNO3. The van der Waals surface area contributed by atoms with Crippen molar-refractivity contribution < 1.29 is 18.7 Å². The number of ether oxygens (including phenoxy) is 2. The van der Waals surface area contributed by atoms with Crippen LogP contribution < -0.4 is 0 Å². The van der Waals surface area contributed by atoms with E-state index in [-0.39, 0.29) is 18.4 Å². The molecule has 2 unspecified atom stereocenters. The van der Waals surface area contributed by atoms with Crippen molar-refractivity contribution in [2.24, 2.45) is 5.92 Å². The molecule has 0 bridgehead atoms. The lowest BCUT2D eigenvalue weighted by molar-refractivity contribution is -0.134. The van der Waals surface area contributed by atoms with Gasteiger partial charge in [-0.25, -0.2) is 4.39 Å². The number of allylic oxidation sites excluding steroid dienone is 3. The number of alkyl halides is 1. The topological polar surface area (TPSA) is 38.8 Å². The molecule has 4 nitrogen and oxygen atoms in total. The summed E-state index contributed by atoms with van der Waals surface area (Å²) in [4.78, 5) is 14.1. The Labute approximate surface area is 125 Å². The fraction of sp³-hybridized carbons (Fsp3) is 0.688. The molecule has 0 aromatic carbocycles. The Hall–Kier alpha value is -1.36. The van der Waals surface area contributed by atoms with E-state index < -0.39 is 12.1 Å². The normalized spacial score (nSPS) is 26.3. The number of carbonyl (C=O) groups excluding carboxylic acids is 1. The standard InChI is InChI=1S/C16H24FNO3/c1-3-21-14-5-4-12(15(17)11-14)10-16(19)18(2)13-6-8-20-9-7-13/h4-5,11-13,15H,3,6-10H2,1-2H3. The van der Waals surface area contributed by atoms with Gasteiger partial charge < -0.3 is 14.4 Å². The maximum absolute atomic E-state index is 14.1. The predicted molar refractivity (Wildman–Crippen MR) is 78.5 cm³/mol. The van der Waals surface area contributed by atoms with E-state index in [0.29, 0.717) is 25.6 Å². The average molecular weight is 297 g/mol. The third-order valence-corrected chi connectivity index (χ3v) is 4.09. The molecule has 1 aliphatic carbocycles. The number of amides is 1. The SMILES string of the molecule is CCOC1=CC(F)C(CC(=O)N(C)C2CCOCC2)C=C1. The minimum absolute atomic E-state index is 0.00698. The zero-order chi connectivity index (χ0) is 15.2. The molecule has 1 aliphatic heterocycles. The van der Waals surface area contributed by atoms with E-state index in [4.69, 9.17) is 9.47 Å². The van der Waals surface area contributed by atoms with Crippen molar-refractivity contribution in [2.45, 2.75) is 38.4 Å². The van der Waals surface area contributed by atoms with Crippen molar-refractivity contribution in [2.75, 3.05) is 26.9 Å². The first kappa shape index (κ1) is 16.0. The molecule has 0 aromatic heterocycles. The fourth-order valence-corrected chi connectivity index (χ4v) is 2.73. The van der Waals surface area contributed by atoms with Gasteiger partial charge in [0.15, 0.2) is 0 Å². The molecule has 2 atom stereocenters. The molecule has 0 spiro atoms. The highest BCUT2D eigenvalue weighted by atomic mass is 19.1. The van der Waals surface area contributed by atoms with Crippen molar-refractivity contribution in [3.8, 4) is 0 Å². The molecule has 21 heavy (non-hydrogen) atoms.